The van der Waals surface area contributed by atoms with Crippen molar-refractivity contribution in [3.8, 4) is 0 Å². The number of hydrogen-bond donors (Lipinski definition) is 2. The van der Waals surface area contributed by atoms with Crippen molar-refractivity contribution in [2.45, 2.75) is 44.2 Å². The van der Waals surface area contributed by atoms with Crippen molar-refractivity contribution in [3.63, 3.8) is 0 Å². The highest BCUT2D eigenvalue weighted by Gasteiger charge is 2.23. The van der Waals surface area contributed by atoms with Crippen LogP contribution < -0.4 is 11.1 Å². The maximum Gasteiger partial charge on any atom is 0.220 e. The van der Waals surface area contributed by atoms with E-state index in [1.54, 1.807) is 6.20 Å². The number of nitrogens with two attached hydrogens (primary N) is 1. The Balaban J connectivity index is 1.58. The topological polar surface area (TPSA) is 85.8 Å². The summed E-state index contributed by atoms with van der Waals surface area (Å²) in [5.41, 5.74) is 7.59. The molecule has 1 aliphatic rings. The van der Waals surface area contributed by atoms with E-state index < -0.39 is 0 Å². The molecule has 0 spiro atoms. The third-order valence-electron chi connectivity index (χ3n) is 4.13. The van der Waals surface area contributed by atoms with Crippen molar-refractivity contribution in [2.75, 3.05) is 0 Å². The summed E-state index contributed by atoms with van der Waals surface area (Å²) in [6.45, 7) is 0. The van der Waals surface area contributed by atoms with Gasteiger partial charge in [-0.1, -0.05) is 0 Å². The summed E-state index contributed by atoms with van der Waals surface area (Å²) < 4.78 is 1.95. The first-order valence-corrected chi connectivity index (χ1v) is 7.45. The van der Waals surface area contributed by atoms with Gasteiger partial charge < -0.3 is 15.6 Å². The minimum absolute atomic E-state index is 0.0779. The van der Waals surface area contributed by atoms with Crippen molar-refractivity contribution < 1.29 is 4.79 Å². The van der Waals surface area contributed by atoms with E-state index in [9.17, 15) is 4.79 Å². The van der Waals surface area contributed by atoms with Crippen LogP contribution in [-0.4, -0.2) is 32.5 Å². The summed E-state index contributed by atoms with van der Waals surface area (Å²) in [6.07, 6.45) is 5.70. The molecule has 0 aliphatic heterocycles. The van der Waals surface area contributed by atoms with E-state index in [-0.39, 0.29) is 18.0 Å². The molecule has 21 heavy (non-hydrogen) atoms. The van der Waals surface area contributed by atoms with Gasteiger partial charge in [0, 0.05) is 38.2 Å². The molecule has 0 bridgehead atoms. The van der Waals surface area contributed by atoms with Crippen molar-refractivity contribution in [3.05, 3.63) is 24.2 Å². The van der Waals surface area contributed by atoms with E-state index in [1.807, 2.05) is 23.7 Å². The van der Waals surface area contributed by atoms with Gasteiger partial charge in [0.05, 0.1) is 0 Å². The average molecular weight is 287 g/mol. The molecule has 2 aromatic heterocycles. The van der Waals surface area contributed by atoms with Gasteiger partial charge in [-0.15, -0.1) is 0 Å². The number of imidazole rings is 1. The molecule has 1 aliphatic carbocycles. The highest BCUT2D eigenvalue weighted by atomic mass is 16.1. The third kappa shape index (κ3) is 3.05. The van der Waals surface area contributed by atoms with Crippen LogP contribution in [0.2, 0.25) is 0 Å². The summed E-state index contributed by atoms with van der Waals surface area (Å²) in [5, 5.41) is 3.06. The van der Waals surface area contributed by atoms with Crippen LogP contribution in [0.3, 0.4) is 0 Å². The minimum Gasteiger partial charge on any atom is -0.353 e. The quantitative estimate of drug-likeness (QED) is 0.874. The molecule has 0 saturated heterocycles. The Morgan fingerprint density at radius 3 is 3.10 bits per heavy atom. The molecule has 1 amide bonds. The van der Waals surface area contributed by atoms with Crippen LogP contribution in [-0.2, 0) is 18.3 Å². The highest BCUT2D eigenvalue weighted by molar-refractivity contribution is 5.77. The Morgan fingerprint density at radius 1 is 1.52 bits per heavy atom. The lowest BCUT2D eigenvalue weighted by Gasteiger charge is -2.12. The molecule has 2 atom stereocenters. The zero-order valence-corrected chi connectivity index (χ0v) is 12.2. The molecule has 0 unspecified atom stereocenters. The molecule has 3 rings (SSSR count). The minimum atomic E-state index is 0.0779. The summed E-state index contributed by atoms with van der Waals surface area (Å²) in [6, 6.07) is 4.29. The van der Waals surface area contributed by atoms with Gasteiger partial charge in [-0.2, -0.15) is 0 Å². The molecule has 1 fully saturated rings. The van der Waals surface area contributed by atoms with Crippen LogP contribution in [0.1, 0.15) is 31.5 Å². The summed E-state index contributed by atoms with van der Waals surface area (Å²) >= 11 is 0. The van der Waals surface area contributed by atoms with Gasteiger partial charge in [0.15, 0.2) is 5.65 Å². The van der Waals surface area contributed by atoms with Crippen LogP contribution in [0, 0.1) is 0 Å². The lowest BCUT2D eigenvalue weighted by molar-refractivity contribution is -0.121. The maximum absolute atomic E-state index is 12.0. The number of pyridine rings is 1. The molecular weight excluding hydrogens is 266 g/mol. The number of nitrogens with one attached hydrogen (secondary N) is 1. The molecule has 6 heteroatoms. The van der Waals surface area contributed by atoms with Crippen LogP contribution in [0.15, 0.2) is 18.3 Å². The van der Waals surface area contributed by atoms with Gasteiger partial charge in [-0.05, 0) is 31.4 Å². The SMILES string of the molecule is Cn1c(CCC(=O)N[C@@H]2CC[C@@H](N)C2)nc2cccnc21. The van der Waals surface area contributed by atoms with E-state index in [2.05, 4.69) is 15.3 Å². The second-order valence-corrected chi connectivity index (χ2v) is 5.77. The van der Waals surface area contributed by atoms with Gasteiger partial charge in [-0.3, -0.25) is 4.79 Å². The summed E-state index contributed by atoms with van der Waals surface area (Å²) in [4.78, 5) is 20.8. The van der Waals surface area contributed by atoms with E-state index in [4.69, 9.17) is 5.73 Å². The van der Waals surface area contributed by atoms with Crippen molar-refractivity contribution >= 4 is 17.1 Å². The standard InChI is InChI=1S/C15H21N5O/c1-20-13(19-12-3-2-8-17-15(12)20)6-7-14(21)18-11-5-4-10(16)9-11/h2-3,8,10-11H,4-7,9,16H2,1H3,(H,18,21)/t10-,11-/m1/s1. The summed E-state index contributed by atoms with van der Waals surface area (Å²) in [5.74, 6) is 0.969. The number of nitrogens with zero attached hydrogens (tertiary/aromatic N) is 3. The molecule has 112 valence electrons. The van der Waals surface area contributed by atoms with E-state index in [1.165, 1.54) is 0 Å². The first-order chi connectivity index (χ1) is 10.1. The molecule has 0 radical (unpaired) electrons. The summed E-state index contributed by atoms with van der Waals surface area (Å²) in [7, 11) is 1.94. The van der Waals surface area contributed by atoms with Gasteiger partial charge in [-0.25, -0.2) is 9.97 Å². The highest BCUT2D eigenvalue weighted by Crippen LogP contribution is 2.17. The number of aryl methyl sites for hydroxylation is 2. The number of hydrogen-bond acceptors (Lipinski definition) is 4. The molecule has 6 nitrogen and oxygen atoms in total. The van der Waals surface area contributed by atoms with Gasteiger partial charge in [0.1, 0.15) is 11.3 Å². The monoisotopic (exact) mass is 287 g/mol. The molecule has 2 aromatic rings. The Kier molecular flexibility index (Phi) is 3.88. The van der Waals surface area contributed by atoms with Crippen molar-refractivity contribution in [2.24, 2.45) is 12.8 Å². The van der Waals surface area contributed by atoms with E-state index in [0.717, 1.165) is 36.3 Å². The first-order valence-electron chi connectivity index (χ1n) is 7.45. The fraction of sp³-hybridized carbons (Fsp3) is 0.533. The predicted octanol–water partition coefficient (Wildman–Crippen LogP) is 0.897. The van der Waals surface area contributed by atoms with Crippen molar-refractivity contribution in [1.29, 1.82) is 0 Å². The number of aromatic nitrogens is 3. The molecule has 3 N–H and O–H groups in total. The smallest absolute Gasteiger partial charge is 0.220 e. The van der Waals surface area contributed by atoms with Gasteiger partial charge >= 0.3 is 0 Å². The number of carbonyl (C=O) groups excluding carboxylic acids is 1. The number of rotatable bonds is 4. The first kappa shape index (κ1) is 14.0. The third-order valence-corrected chi connectivity index (χ3v) is 4.13. The normalized spacial score (nSPS) is 21.8. The molecule has 1 saturated carbocycles. The molecular formula is C15H21N5O. The number of fused-ring (bicyclic) bond motifs is 1. The van der Waals surface area contributed by atoms with Gasteiger partial charge in [0.25, 0.3) is 0 Å². The largest absolute Gasteiger partial charge is 0.353 e. The lowest BCUT2D eigenvalue weighted by Crippen LogP contribution is -2.34. The number of amides is 1. The zero-order chi connectivity index (χ0) is 14.8. The van der Waals surface area contributed by atoms with Crippen LogP contribution in [0.25, 0.3) is 11.2 Å². The zero-order valence-electron chi connectivity index (χ0n) is 12.2. The number of carbonyl (C=O) groups is 1. The van der Waals surface area contributed by atoms with Crippen LogP contribution in [0.5, 0.6) is 0 Å². The van der Waals surface area contributed by atoms with Crippen LogP contribution in [0.4, 0.5) is 0 Å². The Labute approximate surface area is 123 Å². The maximum atomic E-state index is 12.0. The lowest BCUT2D eigenvalue weighted by atomic mass is 10.2. The fourth-order valence-electron chi connectivity index (χ4n) is 2.97. The predicted molar refractivity (Wildman–Crippen MR) is 80.6 cm³/mol. The Bertz CT molecular complexity index is 651. The fourth-order valence-corrected chi connectivity index (χ4v) is 2.97. The second-order valence-electron chi connectivity index (χ2n) is 5.77. The van der Waals surface area contributed by atoms with E-state index >= 15 is 0 Å². The molecule has 0 aromatic carbocycles. The van der Waals surface area contributed by atoms with Crippen molar-refractivity contribution in [1.82, 2.24) is 19.9 Å². The Hall–Kier alpha value is -1.95. The van der Waals surface area contributed by atoms with E-state index in [0.29, 0.717) is 12.8 Å². The Morgan fingerprint density at radius 2 is 2.38 bits per heavy atom. The molecule has 2 heterocycles. The van der Waals surface area contributed by atoms with Crippen LogP contribution >= 0.6 is 0 Å². The van der Waals surface area contributed by atoms with Gasteiger partial charge in [0.2, 0.25) is 5.91 Å². The second kappa shape index (κ2) is 5.81. The average Bonchev–Trinajstić information content (AvgIpc) is 3.01.